The van der Waals surface area contributed by atoms with E-state index in [1.165, 1.54) is 28.7 Å². The number of carbonyl (C=O) groups excluding carboxylic acids is 2. The van der Waals surface area contributed by atoms with Crippen LogP contribution in [0.2, 0.25) is 0 Å². The third-order valence-corrected chi connectivity index (χ3v) is 8.00. The maximum Gasteiger partial charge on any atom is 0.433 e. The number of esters is 1. The summed E-state index contributed by atoms with van der Waals surface area (Å²) >= 11 is 2.56. The lowest BCUT2D eigenvalue weighted by Crippen LogP contribution is -2.17. The van der Waals surface area contributed by atoms with E-state index < -0.39 is 23.7 Å². The third kappa shape index (κ3) is 4.50. The largest absolute Gasteiger partial charge is 0.462 e. The minimum atomic E-state index is -4.71. The van der Waals surface area contributed by atoms with Crippen molar-refractivity contribution in [2.24, 2.45) is 5.92 Å². The van der Waals surface area contributed by atoms with Crippen LogP contribution in [0.5, 0.6) is 0 Å². The number of amides is 1. The number of carbonyl (C=O) groups is 2. The SMILES string of the molecule is CCOC(=O)c1c(NC(=O)c2cc3nc(-c4cccs4)cc(C(F)(F)F)n3n2)sc2c1CC[C@@H](C)C2. The summed E-state index contributed by atoms with van der Waals surface area (Å²) in [6.45, 7) is 4.00. The number of rotatable bonds is 5. The monoisotopic (exact) mass is 534 g/mol. The number of hydrogen-bond acceptors (Lipinski definition) is 7. The number of aromatic nitrogens is 3. The lowest BCUT2D eigenvalue weighted by Gasteiger charge is -2.18. The van der Waals surface area contributed by atoms with Crippen molar-refractivity contribution in [1.82, 2.24) is 14.6 Å². The van der Waals surface area contributed by atoms with Gasteiger partial charge in [0, 0.05) is 10.9 Å². The smallest absolute Gasteiger partial charge is 0.433 e. The molecule has 5 rings (SSSR count). The van der Waals surface area contributed by atoms with Gasteiger partial charge in [-0.15, -0.1) is 22.7 Å². The van der Waals surface area contributed by atoms with Crippen molar-refractivity contribution in [3.8, 4) is 10.6 Å². The van der Waals surface area contributed by atoms with Crippen molar-refractivity contribution in [1.29, 1.82) is 0 Å². The Bertz CT molecular complexity index is 1460. The van der Waals surface area contributed by atoms with Crippen molar-refractivity contribution >= 4 is 45.2 Å². The van der Waals surface area contributed by atoms with Crippen molar-refractivity contribution < 1.29 is 27.5 Å². The molecule has 0 radical (unpaired) electrons. The average molecular weight is 535 g/mol. The summed E-state index contributed by atoms with van der Waals surface area (Å²) in [5.74, 6) is -0.822. The van der Waals surface area contributed by atoms with Gasteiger partial charge in [-0.1, -0.05) is 13.0 Å². The lowest BCUT2D eigenvalue weighted by molar-refractivity contribution is -0.142. The van der Waals surface area contributed by atoms with Crippen LogP contribution in [0.3, 0.4) is 0 Å². The van der Waals surface area contributed by atoms with Crippen LogP contribution in [0.1, 0.15) is 57.2 Å². The van der Waals surface area contributed by atoms with Crippen LogP contribution in [0.25, 0.3) is 16.2 Å². The number of nitrogens with zero attached hydrogens (tertiary/aromatic N) is 3. The van der Waals surface area contributed by atoms with E-state index in [-0.39, 0.29) is 23.6 Å². The van der Waals surface area contributed by atoms with Crippen LogP contribution in [0, 0.1) is 5.92 Å². The number of hydrogen-bond donors (Lipinski definition) is 1. The minimum absolute atomic E-state index is 0.108. The quantitative estimate of drug-likeness (QED) is 0.313. The molecular formula is C24H21F3N4O3S2. The molecule has 4 heterocycles. The van der Waals surface area contributed by atoms with Crippen LogP contribution in [-0.2, 0) is 23.8 Å². The van der Waals surface area contributed by atoms with Crippen LogP contribution in [-0.4, -0.2) is 33.1 Å². The van der Waals surface area contributed by atoms with Crippen LogP contribution in [0.15, 0.2) is 29.6 Å². The van der Waals surface area contributed by atoms with Crippen molar-refractivity contribution in [2.45, 2.75) is 39.3 Å². The summed E-state index contributed by atoms with van der Waals surface area (Å²) in [6.07, 6.45) is -2.33. The van der Waals surface area contributed by atoms with Crippen molar-refractivity contribution in [3.63, 3.8) is 0 Å². The summed E-state index contributed by atoms with van der Waals surface area (Å²) in [6, 6.07) is 5.52. The van der Waals surface area contributed by atoms with Crippen molar-refractivity contribution in [3.05, 3.63) is 57.0 Å². The van der Waals surface area contributed by atoms with E-state index in [0.717, 1.165) is 29.3 Å². The fraction of sp³-hybridized carbons (Fsp3) is 0.333. The first-order valence-electron chi connectivity index (χ1n) is 11.3. The van der Waals surface area contributed by atoms with E-state index in [2.05, 4.69) is 22.3 Å². The summed E-state index contributed by atoms with van der Waals surface area (Å²) < 4.78 is 47.4. The number of thiophene rings is 2. The second kappa shape index (κ2) is 9.32. The zero-order valence-electron chi connectivity index (χ0n) is 19.3. The first-order chi connectivity index (χ1) is 17.2. The van der Waals surface area contributed by atoms with E-state index in [1.807, 2.05) is 0 Å². The fourth-order valence-corrected chi connectivity index (χ4v) is 6.34. The predicted molar refractivity (Wildman–Crippen MR) is 131 cm³/mol. The summed E-state index contributed by atoms with van der Waals surface area (Å²) in [7, 11) is 0. The zero-order valence-corrected chi connectivity index (χ0v) is 20.9. The van der Waals surface area contributed by atoms with E-state index in [4.69, 9.17) is 4.74 Å². The number of ether oxygens (including phenoxy) is 1. The Labute approximate surface area is 211 Å². The van der Waals surface area contributed by atoms with Gasteiger partial charge in [0.1, 0.15) is 5.00 Å². The first kappa shape index (κ1) is 24.4. The zero-order chi connectivity index (χ0) is 25.6. The molecule has 0 fully saturated rings. The number of anilines is 1. The Balaban J connectivity index is 1.54. The standard InChI is InChI=1S/C24H21F3N4O3S2/c1-3-34-23(33)20-13-7-6-12(2)9-17(13)36-22(20)29-21(32)15-11-19-28-14(16-5-4-8-35-16)10-18(24(25,26)27)31(19)30-15/h4-5,8,10-12H,3,6-7,9H2,1-2H3,(H,29,32)/t12-/m1/s1. The molecule has 1 amide bonds. The molecule has 1 atom stereocenters. The highest BCUT2D eigenvalue weighted by atomic mass is 32.1. The van der Waals surface area contributed by atoms with Gasteiger partial charge in [-0.2, -0.15) is 18.3 Å². The highest BCUT2D eigenvalue weighted by Gasteiger charge is 2.36. The van der Waals surface area contributed by atoms with E-state index in [9.17, 15) is 22.8 Å². The Morgan fingerprint density at radius 1 is 1.31 bits per heavy atom. The average Bonchev–Trinajstić information content (AvgIpc) is 3.55. The van der Waals surface area contributed by atoms with Gasteiger partial charge < -0.3 is 10.1 Å². The Hall–Kier alpha value is -3.25. The maximum atomic E-state index is 13.8. The maximum absolute atomic E-state index is 13.8. The van der Waals surface area contributed by atoms with E-state index >= 15 is 0 Å². The molecule has 0 saturated heterocycles. The second-order valence-electron chi connectivity index (χ2n) is 8.53. The van der Waals surface area contributed by atoms with Gasteiger partial charge in [0.15, 0.2) is 17.0 Å². The predicted octanol–water partition coefficient (Wildman–Crippen LogP) is 6.09. The highest BCUT2D eigenvalue weighted by molar-refractivity contribution is 7.17. The summed E-state index contributed by atoms with van der Waals surface area (Å²) in [4.78, 5) is 31.7. The fourth-order valence-electron chi connectivity index (χ4n) is 4.26. The van der Waals surface area contributed by atoms with Crippen LogP contribution >= 0.6 is 22.7 Å². The molecule has 0 saturated carbocycles. The highest BCUT2D eigenvalue weighted by Crippen LogP contribution is 2.40. The van der Waals surface area contributed by atoms with Gasteiger partial charge in [-0.05, 0) is 55.2 Å². The van der Waals surface area contributed by atoms with Gasteiger partial charge in [0.05, 0.1) is 22.7 Å². The number of nitrogens with one attached hydrogen (secondary N) is 1. The second-order valence-corrected chi connectivity index (χ2v) is 10.6. The number of fused-ring (bicyclic) bond motifs is 2. The molecule has 188 valence electrons. The molecule has 4 aromatic rings. The van der Waals surface area contributed by atoms with Gasteiger partial charge >= 0.3 is 12.1 Å². The Morgan fingerprint density at radius 3 is 2.81 bits per heavy atom. The van der Waals surface area contributed by atoms with Gasteiger partial charge in [0.25, 0.3) is 5.91 Å². The van der Waals surface area contributed by atoms with Crippen LogP contribution in [0.4, 0.5) is 18.2 Å². The molecular weight excluding hydrogens is 513 g/mol. The molecule has 0 aromatic carbocycles. The normalized spacial score (nSPS) is 15.6. The molecule has 0 aliphatic heterocycles. The first-order valence-corrected chi connectivity index (χ1v) is 13.0. The molecule has 36 heavy (non-hydrogen) atoms. The molecule has 4 aromatic heterocycles. The third-order valence-electron chi connectivity index (χ3n) is 5.94. The summed E-state index contributed by atoms with van der Waals surface area (Å²) in [5, 5.41) is 8.67. The van der Waals surface area contributed by atoms with Gasteiger partial charge in [-0.3, -0.25) is 4.79 Å². The van der Waals surface area contributed by atoms with E-state index in [0.29, 0.717) is 32.3 Å². The summed E-state index contributed by atoms with van der Waals surface area (Å²) in [5.41, 5.74) is -0.0725. The number of halogens is 3. The van der Waals surface area contributed by atoms with E-state index in [1.54, 1.807) is 24.4 Å². The van der Waals surface area contributed by atoms with Crippen molar-refractivity contribution in [2.75, 3.05) is 11.9 Å². The molecule has 1 N–H and O–H groups in total. The molecule has 0 unspecified atom stereocenters. The Kier molecular flexibility index (Phi) is 6.33. The number of alkyl halides is 3. The minimum Gasteiger partial charge on any atom is -0.462 e. The molecule has 0 spiro atoms. The topological polar surface area (TPSA) is 85.6 Å². The molecule has 7 nitrogen and oxygen atoms in total. The molecule has 12 heteroatoms. The lowest BCUT2D eigenvalue weighted by atomic mass is 9.88. The van der Waals surface area contributed by atoms with Gasteiger partial charge in [0.2, 0.25) is 0 Å². The Morgan fingerprint density at radius 2 is 2.11 bits per heavy atom. The van der Waals surface area contributed by atoms with Crippen LogP contribution < -0.4 is 5.32 Å². The van der Waals surface area contributed by atoms with Gasteiger partial charge in [-0.25, -0.2) is 14.3 Å². The molecule has 1 aliphatic rings. The molecule has 0 bridgehead atoms. The molecule has 1 aliphatic carbocycles.